The predicted octanol–water partition coefficient (Wildman–Crippen LogP) is 2.11. The molecule has 0 saturated carbocycles. The summed E-state index contributed by atoms with van der Waals surface area (Å²) in [5, 5.41) is 2.99. The number of carbonyl (C=O) groups is 1. The van der Waals surface area contributed by atoms with Crippen molar-refractivity contribution in [2.75, 3.05) is 6.54 Å². The smallest absolute Gasteiger partial charge is 0.220 e. The van der Waals surface area contributed by atoms with Crippen molar-refractivity contribution in [3.63, 3.8) is 0 Å². The zero-order valence-corrected chi connectivity index (χ0v) is 11.4. The normalized spacial score (nSPS) is 12.4. The van der Waals surface area contributed by atoms with Gasteiger partial charge in [-0.05, 0) is 24.3 Å². The molecule has 3 N–H and O–H groups in total. The predicted molar refractivity (Wildman–Crippen MR) is 75.2 cm³/mol. The molecule has 0 spiro atoms. The van der Waals surface area contributed by atoms with Gasteiger partial charge in [-0.25, -0.2) is 0 Å². The van der Waals surface area contributed by atoms with Crippen molar-refractivity contribution in [3.8, 4) is 0 Å². The Morgan fingerprint density at radius 3 is 2.50 bits per heavy atom. The Morgan fingerprint density at radius 1 is 1.28 bits per heavy atom. The van der Waals surface area contributed by atoms with E-state index >= 15 is 0 Å². The van der Waals surface area contributed by atoms with Crippen LogP contribution in [0.1, 0.15) is 32.3 Å². The number of aryl methyl sites for hydroxylation is 1. The van der Waals surface area contributed by atoms with Gasteiger partial charge in [-0.3, -0.25) is 4.79 Å². The molecule has 0 heterocycles. The highest BCUT2D eigenvalue weighted by Gasteiger charge is 2.13. The van der Waals surface area contributed by atoms with Crippen molar-refractivity contribution >= 4 is 5.91 Å². The van der Waals surface area contributed by atoms with E-state index in [1.807, 2.05) is 18.2 Å². The molecule has 1 atom stereocenters. The maximum Gasteiger partial charge on any atom is 0.220 e. The molecule has 0 fully saturated rings. The number of benzene rings is 1. The Labute approximate surface area is 110 Å². The second kappa shape index (κ2) is 7.88. The van der Waals surface area contributed by atoms with Crippen LogP contribution in [0.4, 0.5) is 0 Å². The van der Waals surface area contributed by atoms with E-state index in [1.165, 1.54) is 5.56 Å². The molecule has 0 aliphatic heterocycles. The molecule has 100 valence electrons. The van der Waals surface area contributed by atoms with Gasteiger partial charge in [0, 0.05) is 19.0 Å². The fourth-order valence-corrected chi connectivity index (χ4v) is 1.87. The van der Waals surface area contributed by atoms with Crippen LogP contribution < -0.4 is 11.1 Å². The minimum atomic E-state index is 0.0919. The Balaban J connectivity index is 2.25. The van der Waals surface area contributed by atoms with E-state index in [0.29, 0.717) is 18.9 Å². The molecule has 1 unspecified atom stereocenters. The number of carbonyl (C=O) groups excluding carboxylic acids is 1. The highest BCUT2D eigenvalue weighted by Crippen LogP contribution is 2.05. The van der Waals surface area contributed by atoms with Crippen LogP contribution >= 0.6 is 0 Å². The first-order valence-electron chi connectivity index (χ1n) is 6.67. The number of hydrogen-bond acceptors (Lipinski definition) is 2. The van der Waals surface area contributed by atoms with E-state index in [2.05, 4.69) is 31.3 Å². The summed E-state index contributed by atoms with van der Waals surface area (Å²) in [6, 6.07) is 10.3. The SMILES string of the molecule is CC(C)C(CN)NC(=O)CCCc1ccccc1. The molecular weight excluding hydrogens is 224 g/mol. The summed E-state index contributed by atoms with van der Waals surface area (Å²) in [5.74, 6) is 0.489. The number of nitrogens with one attached hydrogen (secondary N) is 1. The fourth-order valence-electron chi connectivity index (χ4n) is 1.87. The molecule has 0 bridgehead atoms. The van der Waals surface area contributed by atoms with Gasteiger partial charge in [0.15, 0.2) is 0 Å². The van der Waals surface area contributed by atoms with Gasteiger partial charge in [-0.2, -0.15) is 0 Å². The third kappa shape index (κ3) is 5.32. The monoisotopic (exact) mass is 248 g/mol. The van der Waals surface area contributed by atoms with Gasteiger partial charge in [0.05, 0.1) is 0 Å². The third-order valence-corrected chi connectivity index (χ3v) is 3.12. The molecular formula is C15H24N2O. The lowest BCUT2D eigenvalue weighted by molar-refractivity contribution is -0.122. The van der Waals surface area contributed by atoms with E-state index in [1.54, 1.807) is 0 Å². The highest BCUT2D eigenvalue weighted by atomic mass is 16.1. The molecule has 0 aliphatic carbocycles. The first-order valence-corrected chi connectivity index (χ1v) is 6.67. The molecule has 1 aromatic carbocycles. The first kappa shape index (κ1) is 14.7. The molecule has 0 saturated heterocycles. The summed E-state index contributed by atoms with van der Waals surface area (Å²) in [7, 11) is 0. The van der Waals surface area contributed by atoms with Crippen LogP contribution in [0.25, 0.3) is 0 Å². The Bertz CT molecular complexity index is 349. The average Bonchev–Trinajstić information content (AvgIpc) is 2.37. The second-order valence-corrected chi connectivity index (χ2v) is 4.99. The Morgan fingerprint density at radius 2 is 1.94 bits per heavy atom. The maximum absolute atomic E-state index is 11.7. The largest absolute Gasteiger partial charge is 0.352 e. The van der Waals surface area contributed by atoms with E-state index in [-0.39, 0.29) is 11.9 Å². The minimum Gasteiger partial charge on any atom is -0.352 e. The lowest BCUT2D eigenvalue weighted by Crippen LogP contribution is -2.43. The quantitative estimate of drug-likeness (QED) is 0.776. The lowest BCUT2D eigenvalue weighted by Gasteiger charge is -2.20. The molecule has 3 heteroatoms. The average molecular weight is 248 g/mol. The van der Waals surface area contributed by atoms with Crippen molar-refractivity contribution in [2.24, 2.45) is 11.7 Å². The molecule has 1 amide bonds. The van der Waals surface area contributed by atoms with Crippen LogP contribution in [-0.4, -0.2) is 18.5 Å². The van der Waals surface area contributed by atoms with E-state index in [9.17, 15) is 4.79 Å². The molecule has 1 rings (SSSR count). The van der Waals surface area contributed by atoms with Crippen LogP contribution in [0.5, 0.6) is 0 Å². The van der Waals surface area contributed by atoms with Crippen LogP contribution in [0.15, 0.2) is 30.3 Å². The van der Waals surface area contributed by atoms with Gasteiger partial charge in [-0.1, -0.05) is 44.2 Å². The van der Waals surface area contributed by atoms with Crippen molar-refractivity contribution in [1.29, 1.82) is 0 Å². The summed E-state index contributed by atoms with van der Waals surface area (Å²) in [5.41, 5.74) is 6.91. The van der Waals surface area contributed by atoms with Crippen LogP contribution in [0.3, 0.4) is 0 Å². The van der Waals surface area contributed by atoms with Gasteiger partial charge >= 0.3 is 0 Å². The van der Waals surface area contributed by atoms with Crippen LogP contribution in [0.2, 0.25) is 0 Å². The maximum atomic E-state index is 11.7. The summed E-state index contributed by atoms with van der Waals surface area (Å²) < 4.78 is 0. The summed E-state index contributed by atoms with van der Waals surface area (Å²) >= 11 is 0. The molecule has 0 aromatic heterocycles. The zero-order valence-electron chi connectivity index (χ0n) is 11.4. The van der Waals surface area contributed by atoms with Crippen LogP contribution in [0, 0.1) is 5.92 Å². The molecule has 3 nitrogen and oxygen atoms in total. The third-order valence-electron chi connectivity index (χ3n) is 3.12. The standard InChI is InChI=1S/C15H24N2O/c1-12(2)14(11-16)17-15(18)10-6-9-13-7-4-3-5-8-13/h3-5,7-8,12,14H,6,9-11,16H2,1-2H3,(H,17,18). The molecule has 1 aromatic rings. The second-order valence-electron chi connectivity index (χ2n) is 4.99. The first-order chi connectivity index (χ1) is 8.63. The van der Waals surface area contributed by atoms with Crippen molar-refractivity contribution in [3.05, 3.63) is 35.9 Å². The number of nitrogens with two attached hydrogens (primary N) is 1. The molecule has 18 heavy (non-hydrogen) atoms. The van der Waals surface area contributed by atoms with Gasteiger partial charge in [0.1, 0.15) is 0 Å². The van der Waals surface area contributed by atoms with Gasteiger partial charge in [0.25, 0.3) is 0 Å². The fraction of sp³-hybridized carbons (Fsp3) is 0.533. The van der Waals surface area contributed by atoms with E-state index in [4.69, 9.17) is 5.73 Å². The van der Waals surface area contributed by atoms with Gasteiger partial charge in [-0.15, -0.1) is 0 Å². The van der Waals surface area contributed by atoms with Gasteiger partial charge < -0.3 is 11.1 Å². The van der Waals surface area contributed by atoms with Crippen LogP contribution in [-0.2, 0) is 11.2 Å². The summed E-state index contributed by atoms with van der Waals surface area (Å²) in [6.07, 6.45) is 2.40. The van der Waals surface area contributed by atoms with Crippen molar-refractivity contribution in [2.45, 2.75) is 39.2 Å². The number of rotatable bonds is 7. The minimum absolute atomic E-state index is 0.0919. The topological polar surface area (TPSA) is 55.1 Å². The van der Waals surface area contributed by atoms with Gasteiger partial charge in [0.2, 0.25) is 5.91 Å². The summed E-state index contributed by atoms with van der Waals surface area (Å²) in [6.45, 7) is 4.64. The number of hydrogen-bond donors (Lipinski definition) is 2. The zero-order chi connectivity index (χ0) is 13.4. The highest BCUT2D eigenvalue weighted by molar-refractivity contribution is 5.76. The van der Waals surface area contributed by atoms with Crippen molar-refractivity contribution < 1.29 is 4.79 Å². The van der Waals surface area contributed by atoms with E-state index in [0.717, 1.165) is 12.8 Å². The number of amides is 1. The summed E-state index contributed by atoms with van der Waals surface area (Å²) in [4.78, 5) is 11.7. The Hall–Kier alpha value is -1.35. The lowest BCUT2D eigenvalue weighted by atomic mass is 10.0. The van der Waals surface area contributed by atoms with E-state index < -0.39 is 0 Å². The molecule has 0 radical (unpaired) electrons. The Kier molecular flexibility index (Phi) is 6.44. The van der Waals surface area contributed by atoms with Crippen molar-refractivity contribution in [1.82, 2.24) is 5.32 Å². The molecule has 0 aliphatic rings.